The molecule has 0 unspecified atom stereocenters. The van der Waals surface area contributed by atoms with Crippen molar-refractivity contribution in [1.82, 2.24) is 29.8 Å². The second-order valence-corrected chi connectivity index (χ2v) is 19.1. The normalized spacial score (nSPS) is 12.5. The van der Waals surface area contributed by atoms with Gasteiger partial charge in [0.1, 0.15) is 34.9 Å². The van der Waals surface area contributed by atoms with Crippen LogP contribution in [0.3, 0.4) is 0 Å². The van der Waals surface area contributed by atoms with Crippen LogP contribution in [-0.2, 0) is 44.4 Å². The number of nitrogens with one attached hydrogen (secondary N) is 2. The summed E-state index contributed by atoms with van der Waals surface area (Å²) in [6, 6.07) is 23.8. The second kappa shape index (κ2) is 19.4. The number of amides is 1. The molecular formula is C39H46IN7O10S2. The third-order valence-corrected chi connectivity index (χ3v) is 12.6. The van der Waals surface area contributed by atoms with Gasteiger partial charge >= 0.3 is 6.09 Å². The number of alkyl carbamates (subject to hydrolysis) is 1. The zero-order valence-electron chi connectivity index (χ0n) is 33.2. The van der Waals surface area contributed by atoms with Crippen molar-refractivity contribution in [3.05, 3.63) is 105 Å². The van der Waals surface area contributed by atoms with E-state index in [4.69, 9.17) is 18.9 Å². The SMILES string of the molecule is COc1ccc(CN(Cc2ccc(OC)cc2)S(=O)(=O)c2c(NS(=O)(=O)C[C@@H](O)COC(=O)NC(C)(C)C)ccc(I)c2-c2nnn(Cc3ccc(OC)cc3)n2)cc1. The summed E-state index contributed by atoms with van der Waals surface area (Å²) < 4.78 is 83.0. The lowest BCUT2D eigenvalue weighted by atomic mass is 10.1. The summed E-state index contributed by atoms with van der Waals surface area (Å²) in [5, 5.41) is 26.2. The molecule has 5 rings (SSSR count). The number of carbonyl (C=O) groups excluding carboxylic acids is 1. The molecule has 0 aliphatic carbocycles. The van der Waals surface area contributed by atoms with E-state index in [2.05, 4.69) is 25.4 Å². The molecule has 1 heterocycles. The molecule has 0 saturated heterocycles. The zero-order chi connectivity index (χ0) is 43.0. The van der Waals surface area contributed by atoms with Gasteiger partial charge in [0, 0.05) is 22.2 Å². The Balaban J connectivity index is 1.59. The van der Waals surface area contributed by atoms with E-state index in [0.29, 0.717) is 31.9 Å². The smallest absolute Gasteiger partial charge is 0.407 e. The average Bonchev–Trinajstić information content (AvgIpc) is 3.65. The summed E-state index contributed by atoms with van der Waals surface area (Å²) in [5.41, 5.74) is 1.05. The Bertz CT molecular complexity index is 2380. The maximum absolute atomic E-state index is 15.3. The highest BCUT2D eigenvalue weighted by Crippen LogP contribution is 2.39. The van der Waals surface area contributed by atoms with Crippen molar-refractivity contribution >= 4 is 54.4 Å². The molecule has 1 amide bonds. The number of anilines is 1. The number of nitrogens with zero attached hydrogens (tertiary/aromatic N) is 5. The van der Waals surface area contributed by atoms with Crippen LogP contribution in [0.5, 0.6) is 17.2 Å². The average molecular weight is 964 g/mol. The molecule has 0 bridgehead atoms. The van der Waals surface area contributed by atoms with Crippen LogP contribution >= 0.6 is 22.6 Å². The summed E-state index contributed by atoms with van der Waals surface area (Å²) in [6.45, 7) is 4.44. The lowest BCUT2D eigenvalue weighted by molar-refractivity contribution is 0.0756. The van der Waals surface area contributed by atoms with Crippen molar-refractivity contribution in [1.29, 1.82) is 0 Å². The molecule has 0 radical (unpaired) electrons. The molecule has 1 atom stereocenters. The van der Waals surface area contributed by atoms with Gasteiger partial charge in [0.05, 0.1) is 44.9 Å². The molecular weight excluding hydrogens is 918 g/mol. The monoisotopic (exact) mass is 963 g/mol. The minimum absolute atomic E-state index is 0.0102. The Morgan fingerprint density at radius 2 is 1.32 bits per heavy atom. The molecule has 3 N–H and O–H groups in total. The molecule has 4 aromatic carbocycles. The third-order valence-electron chi connectivity index (χ3n) is 8.46. The maximum Gasteiger partial charge on any atom is 0.407 e. The number of aliphatic hydroxyl groups excluding tert-OH is 1. The Morgan fingerprint density at radius 1 is 0.814 bits per heavy atom. The molecule has 20 heteroatoms. The van der Waals surface area contributed by atoms with Crippen molar-refractivity contribution in [3.8, 4) is 28.6 Å². The van der Waals surface area contributed by atoms with Crippen LogP contribution in [0.1, 0.15) is 37.5 Å². The van der Waals surface area contributed by atoms with Crippen LogP contribution in [0.4, 0.5) is 10.5 Å². The highest BCUT2D eigenvalue weighted by atomic mass is 127. The summed E-state index contributed by atoms with van der Waals surface area (Å²) in [5.74, 6) is 0.774. The summed E-state index contributed by atoms with van der Waals surface area (Å²) in [6.07, 6.45) is -2.51. The number of halogens is 1. The lowest BCUT2D eigenvalue weighted by Crippen LogP contribution is -2.42. The number of hydrogen-bond acceptors (Lipinski definition) is 13. The number of hydrogen-bond donors (Lipinski definition) is 3. The Kier molecular flexibility index (Phi) is 14.8. The number of sulfonamides is 2. The molecule has 0 aliphatic rings. The van der Waals surface area contributed by atoms with Gasteiger partial charge in [-0.15, -0.1) is 10.2 Å². The Labute approximate surface area is 357 Å². The topological polar surface area (TPSA) is 213 Å². The fourth-order valence-electron chi connectivity index (χ4n) is 5.67. The van der Waals surface area contributed by atoms with Gasteiger partial charge in [-0.25, -0.2) is 21.6 Å². The van der Waals surface area contributed by atoms with Crippen molar-refractivity contribution in [2.24, 2.45) is 0 Å². The summed E-state index contributed by atoms with van der Waals surface area (Å²) in [4.78, 5) is 13.0. The predicted molar refractivity (Wildman–Crippen MR) is 228 cm³/mol. The summed E-state index contributed by atoms with van der Waals surface area (Å²) in [7, 11) is -4.60. The quantitative estimate of drug-likeness (QED) is 0.0984. The van der Waals surface area contributed by atoms with E-state index in [1.165, 1.54) is 35.5 Å². The maximum atomic E-state index is 15.3. The largest absolute Gasteiger partial charge is 0.497 e. The number of tetrazole rings is 1. The van der Waals surface area contributed by atoms with Crippen LogP contribution in [0.25, 0.3) is 11.4 Å². The molecule has 0 spiro atoms. The third kappa shape index (κ3) is 12.5. The van der Waals surface area contributed by atoms with E-state index < -0.39 is 55.0 Å². The van der Waals surface area contributed by atoms with Gasteiger partial charge in [0.2, 0.25) is 25.9 Å². The number of carbonyl (C=O) groups is 1. The second-order valence-electron chi connectivity index (χ2n) is 14.3. The first-order valence-electron chi connectivity index (χ1n) is 18.0. The first kappa shape index (κ1) is 45.1. The first-order valence-corrected chi connectivity index (χ1v) is 22.2. The van der Waals surface area contributed by atoms with E-state index in [1.54, 1.807) is 88.5 Å². The van der Waals surface area contributed by atoms with E-state index >= 15 is 8.42 Å². The van der Waals surface area contributed by atoms with E-state index in [9.17, 15) is 18.3 Å². The van der Waals surface area contributed by atoms with Gasteiger partial charge < -0.3 is 29.4 Å². The Hall–Kier alpha value is -5.03. The van der Waals surface area contributed by atoms with Crippen LogP contribution in [0.2, 0.25) is 0 Å². The fraction of sp³-hybridized carbons (Fsp3) is 0.333. The van der Waals surface area contributed by atoms with Crippen molar-refractivity contribution in [2.45, 2.75) is 56.9 Å². The van der Waals surface area contributed by atoms with Gasteiger partial charge in [-0.1, -0.05) is 36.4 Å². The first-order chi connectivity index (χ1) is 27.9. The highest BCUT2D eigenvalue weighted by Gasteiger charge is 2.35. The van der Waals surface area contributed by atoms with Crippen molar-refractivity contribution in [2.75, 3.05) is 38.4 Å². The van der Waals surface area contributed by atoms with Crippen LogP contribution in [-0.4, -0.2) is 97.9 Å². The molecule has 59 heavy (non-hydrogen) atoms. The number of rotatable bonds is 18. The van der Waals surface area contributed by atoms with Gasteiger partial charge in [-0.3, -0.25) is 4.72 Å². The molecule has 1 aromatic heterocycles. The van der Waals surface area contributed by atoms with Gasteiger partial charge in [-0.2, -0.15) is 9.10 Å². The van der Waals surface area contributed by atoms with Crippen molar-refractivity contribution < 1.29 is 45.7 Å². The minimum Gasteiger partial charge on any atom is -0.497 e. The molecule has 316 valence electrons. The molecule has 0 fully saturated rings. The number of aliphatic hydroxyl groups is 1. The number of ether oxygens (including phenoxy) is 4. The van der Waals surface area contributed by atoms with Crippen molar-refractivity contribution in [3.63, 3.8) is 0 Å². The minimum atomic E-state index is -4.69. The number of benzene rings is 4. The van der Waals surface area contributed by atoms with Crippen LogP contribution < -0.4 is 24.2 Å². The number of methoxy groups -OCH3 is 3. The zero-order valence-corrected chi connectivity index (χ0v) is 37.0. The van der Waals surface area contributed by atoms with Crippen LogP contribution in [0.15, 0.2) is 89.8 Å². The fourth-order valence-corrected chi connectivity index (χ4v) is 9.55. The molecule has 0 saturated carbocycles. The molecule has 17 nitrogen and oxygen atoms in total. The molecule has 0 aliphatic heterocycles. The highest BCUT2D eigenvalue weighted by molar-refractivity contribution is 14.1. The van der Waals surface area contributed by atoms with E-state index in [1.807, 2.05) is 34.7 Å². The number of aromatic nitrogens is 4. The van der Waals surface area contributed by atoms with Gasteiger partial charge in [-0.05, 0) is 114 Å². The van der Waals surface area contributed by atoms with E-state index in [0.717, 1.165) is 5.56 Å². The standard InChI is InChI=1S/C39H46IN7O10S2/c1-39(2,3)41-38(49)57-24-29(48)25-58(50,51)44-34-20-19-33(40)35(37-42-45-47(43-37)23-28-11-17-32(56-6)18-12-28)36(34)59(52,53)46(21-26-7-13-30(54-4)14-8-26)22-27-9-15-31(55-5)16-10-27/h7-20,29,44,48H,21-25H2,1-6H3,(H,41,49)/t29-/m0/s1. The lowest BCUT2D eigenvalue weighted by Gasteiger charge is -2.26. The van der Waals surface area contributed by atoms with Gasteiger partial charge in [0.15, 0.2) is 0 Å². The Morgan fingerprint density at radius 3 is 1.81 bits per heavy atom. The predicted octanol–water partition coefficient (Wildman–Crippen LogP) is 5.04. The van der Waals surface area contributed by atoms with Gasteiger partial charge in [0.25, 0.3) is 0 Å². The summed E-state index contributed by atoms with van der Waals surface area (Å²) >= 11 is 1.94. The van der Waals surface area contributed by atoms with E-state index in [-0.39, 0.29) is 36.7 Å². The molecule has 5 aromatic rings. The van der Waals surface area contributed by atoms with Crippen LogP contribution in [0, 0.1) is 3.57 Å².